The van der Waals surface area contributed by atoms with Crippen molar-refractivity contribution in [2.24, 2.45) is 0 Å². The number of hydrogen-bond donors (Lipinski definition) is 0. The largest absolute Gasteiger partial charge is 0.486 e. The predicted octanol–water partition coefficient (Wildman–Crippen LogP) is 12.8. The average Bonchev–Trinajstić information content (AvgIpc) is 4.03. The first-order chi connectivity index (χ1) is 33.8. The second-order valence-corrected chi connectivity index (χ2v) is 19.8. The molecule has 69 heavy (non-hydrogen) atoms. The fourth-order valence-electron chi connectivity index (χ4n) is 11.2. The van der Waals surface area contributed by atoms with Crippen LogP contribution in [0.1, 0.15) is 43.0 Å². The third-order valence-electron chi connectivity index (χ3n) is 14.6. The summed E-state index contributed by atoms with van der Waals surface area (Å²) in [6.07, 6.45) is 3.24. The molecule has 0 spiro atoms. The molecule has 5 aliphatic rings. The van der Waals surface area contributed by atoms with Crippen LogP contribution in [0.15, 0.2) is 168 Å². The van der Waals surface area contributed by atoms with E-state index in [0.29, 0.717) is 26.4 Å². The Kier molecular flexibility index (Phi) is 8.82. The molecule has 0 saturated carbocycles. The van der Waals surface area contributed by atoms with E-state index in [4.69, 9.17) is 23.4 Å². The zero-order chi connectivity index (χ0) is 46.0. The van der Waals surface area contributed by atoms with E-state index in [2.05, 4.69) is 182 Å². The molecule has 0 bridgehead atoms. The molecule has 334 valence electrons. The zero-order valence-electron chi connectivity index (χ0n) is 38.7. The summed E-state index contributed by atoms with van der Waals surface area (Å²) < 4.78 is 31.7. The van der Waals surface area contributed by atoms with Crippen molar-refractivity contribution >= 4 is 79.8 Å². The maximum absolute atomic E-state index is 6.61. The minimum absolute atomic E-state index is 0.0104. The maximum atomic E-state index is 6.61. The van der Waals surface area contributed by atoms with Gasteiger partial charge in [0.15, 0.2) is 23.0 Å². The minimum atomic E-state index is -0.169. The van der Waals surface area contributed by atoms with Gasteiger partial charge in [0.2, 0.25) is 0 Å². The van der Waals surface area contributed by atoms with Crippen LogP contribution >= 0.6 is 0 Å². The van der Waals surface area contributed by atoms with Gasteiger partial charge in [-0.2, -0.15) is 0 Å². The van der Waals surface area contributed by atoms with Gasteiger partial charge in [-0.1, -0.05) is 118 Å². The smallest absolute Gasteiger partial charge is 0.252 e. The van der Waals surface area contributed by atoms with E-state index in [9.17, 15) is 0 Å². The Morgan fingerprint density at radius 1 is 0.478 bits per heavy atom. The lowest BCUT2D eigenvalue weighted by Crippen LogP contribution is -2.61. The third-order valence-corrected chi connectivity index (χ3v) is 14.6. The van der Waals surface area contributed by atoms with Crippen LogP contribution in [0, 0.1) is 0 Å². The van der Waals surface area contributed by atoms with E-state index in [1.807, 2.05) is 18.2 Å². The summed E-state index contributed by atoms with van der Waals surface area (Å²) in [6, 6.07) is 59.8. The van der Waals surface area contributed by atoms with Gasteiger partial charge in [0.25, 0.3) is 6.71 Å². The van der Waals surface area contributed by atoms with E-state index in [-0.39, 0.29) is 12.1 Å². The molecule has 7 nitrogen and oxygen atoms in total. The number of rotatable bonds is 5. The van der Waals surface area contributed by atoms with E-state index in [0.717, 1.165) is 102 Å². The van der Waals surface area contributed by atoms with Gasteiger partial charge in [0, 0.05) is 51.5 Å². The number of fused-ring (bicyclic) bond motifs is 8. The number of allylic oxidation sites excluding steroid dienone is 1. The van der Waals surface area contributed by atoms with E-state index in [1.54, 1.807) is 0 Å². The van der Waals surface area contributed by atoms with E-state index < -0.39 is 0 Å². The highest BCUT2D eigenvalue weighted by Gasteiger charge is 2.45. The number of nitrogens with zero attached hydrogens (tertiary/aromatic N) is 2. The Morgan fingerprint density at radius 2 is 1.14 bits per heavy atom. The van der Waals surface area contributed by atoms with Crippen molar-refractivity contribution in [3.63, 3.8) is 0 Å². The molecule has 9 aromatic rings. The van der Waals surface area contributed by atoms with Crippen molar-refractivity contribution in [2.75, 3.05) is 36.2 Å². The molecular weight excluding hydrogens is 851 g/mol. The van der Waals surface area contributed by atoms with Crippen molar-refractivity contribution < 1.29 is 23.4 Å². The number of anilines is 6. The van der Waals surface area contributed by atoms with Crippen molar-refractivity contribution in [1.82, 2.24) is 0 Å². The Labute approximate surface area is 401 Å². The van der Waals surface area contributed by atoms with Crippen LogP contribution in [0.5, 0.6) is 23.0 Å². The topological polar surface area (TPSA) is 56.5 Å². The lowest BCUT2D eigenvalue weighted by molar-refractivity contribution is 0.171. The Bertz CT molecular complexity index is 3590. The summed E-state index contributed by atoms with van der Waals surface area (Å²) in [6.45, 7) is 8.63. The summed E-state index contributed by atoms with van der Waals surface area (Å²) in [4.78, 5) is 4.90. The van der Waals surface area contributed by atoms with Crippen molar-refractivity contribution in [3.05, 3.63) is 186 Å². The van der Waals surface area contributed by atoms with E-state index in [1.165, 1.54) is 38.8 Å². The maximum Gasteiger partial charge on any atom is 0.252 e. The van der Waals surface area contributed by atoms with Gasteiger partial charge in [0.1, 0.15) is 37.8 Å². The summed E-state index contributed by atoms with van der Waals surface area (Å²) in [5, 5.41) is 1.07. The van der Waals surface area contributed by atoms with Crippen LogP contribution < -0.4 is 45.1 Å². The second kappa shape index (κ2) is 15.2. The molecule has 4 aliphatic heterocycles. The molecule has 0 saturated heterocycles. The first kappa shape index (κ1) is 40.0. The fourth-order valence-corrected chi connectivity index (χ4v) is 11.2. The summed E-state index contributed by atoms with van der Waals surface area (Å²) in [5.74, 6) is 3.79. The van der Waals surface area contributed by atoms with Crippen molar-refractivity contribution in [3.8, 4) is 45.4 Å². The van der Waals surface area contributed by atoms with Crippen LogP contribution in [0.25, 0.3) is 45.1 Å². The van der Waals surface area contributed by atoms with Gasteiger partial charge in [-0.25, -0.2) is 0 Å². The highest BCUT2D eigenvalue weighted by atomic mass is 16.6. The predicted molar refractivity (Wildman–Crippen MR) is 280 cm³/mol. The van der Waals surface area contributed by atoms with Crippen LogP contribution in [0.4, 0.5) is 34.1 Å². The molecule has 0 N–H and O–H groups in total. The number of furan rings is 1. The standard InChI is InChI=1S/C61H47BN2O5/c1-61(2,3)45-18-15-37(16-19-45)44-31-52-60-53(32-44)64(47-20-22-55-57(34-47)66-24-23-65-55)51-36-59-58(67-25-26-68-59)35-49(51)62(60)48-21-17-42(56-33-41-11-6-7-14-54(41)69-56)30-50(48)63(52)46-13-8-12-40(29-46)43-27-38-9-4-5-10-39(38)28-43/h4-22,27,29-36H,23-26,28H2,1-3H3. The second-order valence-electron chi connectivity index (χ2n) is 19.8. The SMILES string of the molecule is CC(C)(C)c1ccc(-c2cc3c4c(c2)N(c2ccc5c(c2)OCCO5)c2cc5c(cc2B4c2ccc(-c4cc6ccccc6o4)cc2N3c2cccc(C3=Cc4ccccc4C3)c2)OCCO5)cc1. The van der Waals surface area contributed by atoms with Crippen LogP contribution in [-0.2, 0) is 11.8 Å². The third kappa shape index (κ3) is 6.49. The lowest BCUT2D eigenvalue weighted by atomic mass is 9.33. The molecule has 0 amide bonds. The van der Waals surface area contributed by atoms with Gasteiger partial charge in [-0.3, -0.25) is 0 Å². The molecule has 14 rings (SSSR count). The Balaban J connectivity index is 1.06. The normalized spacial score (nSPS) is 15.1. The van der Waals surface area contributed by atoms with Crippen molar-refractivity contribution in [1.29, 1.82) is 0 Å². The van der Waals surface area contributed by atoms with Gasteiger partial charge in [0.05, 0.1) is 5.69 Å². The van der Waals surface area contributed by atoms with Gasteiger partial charge >= 0.3 is 0 Å². The quantitative estimate of drug-likeness (QED) is 0.160. The molecule has 8 heteroatoms. The molecule has 0 unspecified atom stereocenters. The number of benzene rings is 8. The fraction of sp³-hybridized carbons (Fsp3) is 0.148. The molecule has 1 aliphatic carbocycles. The van der Waals surface area contributed by atoms with Crippen LogP contribution in [-0.4, -0.2) is 33.1 Å². The van der Waals surface area contributed by atoms with Gasteiger partial charge in [-0.15, -0.1) is 0 Å². The lowest BCUT2D eigenvalue weighted by Gasteiger charge is -2.45. The van der Waals surface area contributed by atoms with E-state index >= 15 is 0 Å². The summed E-state index contributed by atoms with van der Waals surface area (Å²) in [7, 11) is 0. The molecule has 5 heterocycles. The molecule has 0 atom stereocenters. The molecular formula is C61H47BN2O5. The average molecular weight is 899 g/mol. The highest BCUT2D eigenvalue weighted by Crippen LogP contribution is 2.50. The van der Waals surface area contributed by atoms with Crippen LogP contribution in [0.2, 0.25) is 0 Å². The first-order valence-electron chi connectivity index (χ1n) is 24.0. The van der Waals surface area contributed by atoms with Gasteiger partial charge < -0.3 is 33.2 Å². The number of para-hydroxylation sites is 1. The monoisotopic (exact) mass is 898 g/mol. The first-order valence-corrected chi connectivity index (χ1v) is 24.0. The van der Waals surface area contributed by atoms with Crippen molar-refractivity contribution in [2.45, 2.75) is 32.6 Å². The zero-order valence-corrected chi connectivity index (χ0v) is 38.7. The highest BCUT2D eigenvalue weighted by molar-refractivity contribution is 7.00. The summed E-state index contributed by atoms with van der Waals surface area (Å²) >= 11 is 0. The van der Waals surface area contributed by atoms with Crippen LogP contribution in [0.3, 0.4) is 0 Å². The minimum Gasteiger partial charge on any atom is -0.486 e. The molecule has 0 fully saturated rings. The number of ether oxygens (including phenoxy) is 4. The Hall–Kier alpha value is -8.10. The van der Waals surface area contributed by atoms with Gasteiger partial charge in [-0.05, 0) is 128 Å². The molecule has 0 radical (unpaired) electrons. The molecule has 8 aromatic carbocycles. The Morgan fingerprint density at radius 3 is 1.91 bits per heavy atom. The number of hydrogen-bond acceptors (Lipinski definition) is 7. The summed E-state index contributed by atoms with van der Waals surface area (Å²) in [5.41, 5.74) is 20.4. The molecule has 1 aromatic heterocycles.